The van der Waals surface area contributed by atoms with E-state index >= 15 is 0 Å². The first-order valence-corrected chi connectivity index (χ1v) is 7.49. The summed E-state index contributed by atoms with van der Waals surface area (Å²) in [5.41, 5.74) is 0.0990. The quantitative estimate of drug-likeness (QED) is 0.825. The summed E-state index contributed by atoms with van der Waals surface area (Å²) in [6.07, 6.45) is -1.46. The van der Waals surface area contributed by atoms with Gasteiger partial charge in [-0.15, -0.1) is 0 Å². The molecule has 130 valence electrons. The summed E-state index contributed by atoms with van der Waals surface area (Å²) in [7, 11) is 1.11. The third-order valence-corrected chi connectivity index (χ3v) is 3.38. The lowest BCUT2D eigenvalue weighted by Gasteiger charge is -2.14. The number of halogens is 1. The average molecular weight is 358 g/mol. The van der Waals surface area contributed by atoms with Gasteiger partial charge in [-0.05, 0) is 19.1 Å². The Balaban J connectivity index is 2.09. The predicted molar refractivity (Wildman–Crippen MR) is 82.5 cm³/mol. The molecule has 0 fully saturated rings. The third-order valence-electron chi connectivity index (χ3n) is 3.10. The molecule has 1 aromatic rings. The second-order valence-electron chi connectivity index (χ2n) is 4.86. The predicted octanol–water partition coefficient (Wildman–Crippen LogP) is 1.93. The summed E-state index contributed by atoms with van der Waals surface area (Å²) in [5, 5.41) is 2.11. The van der Waals surface area contributed by atoms with Crippen molar-refractivity contribution < 1.29 is 33.3 Å². The molecule has 0 aromatic heterocycles. The van der Waals surface area contributed by atoms with Gasteiger partial charge >= 0.3 is 12.1 Å². The first-order valence-electron chi connectivity index (χ1n) is 7.11. The number of carbonyl (C=O) groups excluding carboxylic acids is 3. The summed E-state index contributed by atoms with van der Waals surface area (Å²) in [4.78, 5) is 34.8. The average Bonchev–Trinajstić information content (AvgIpc) is 2.80. The van der Waals surface area contributed by atoms with Crippen LogP contribution in [0.2, 0.25) is 5.02 Å². The van der Waals surface area contributed by atoms with Gasteiger partial charge in [0, 0.05) is 6.42 Å². The maximum atomic E-state index is 12.2. The van der Waals surface area contributed by atoms with E-state index in [9.17, 15) is 14.4 Å². The molecule has 0 radical (unpaired) electrons. The molecule has 9 heteroatoms. The van der Waals surface area contributed by atoms with Crippen LogP contribution in [0.25, 0.3) is 0 Å². The van der Waals surface area contributed by atoms with Gasteiger partial charge in [0.1, 0.15) is 0 Å². The Labute approximate surface area is 143 Å². The van der Waals surface area contributed by atoms with Crippen molar-refractivity contribution in [3.8, 4) is 11.5 Å². The van der Waals surface area contributed by atoms with Crippen LogP contribution in [0.5, 0.6) is 11.5 Å². The number of amides is 2. The number of imide groups is 1. The van der Waals surface area contributed by atoms with Gasteiger partial charge in [0.25, 0.3) is 5.91 Å². The lowest BCUT2D eigenvalue weighted by atomic mass is 10.2. The fourth-order valence-electron chi connectivity index (χ4n) is 1.88. The first-order chi connectivity index (χ1) is 11.4. The van der Waals surface area contributed by atoms with Gasteiger partial charge in [-0.25, -0.2) is 9.59 Å². The number of nitrogens with one attached hydrogen (secondary N) is 1. The molecule has 0 spiro atoms. The van der Waals surface area contributed by atoms with E-state index < -0.39 is 24.1 Å². The van der Waals surface area contributed by atoms with Gasteiger partial charge in [-0.2, -0.15) is 0 Å². The summed E-state index contributed by atoms with van der Waals surface area (Å²) < 4.78 is 20.2. The number of ether oxygens (including phenoxy) is 4. The molecule has 24 heavy (non-hydrogen) atoms. The van der Waals surface area contributed by atoms with E-state index in [2.05, 4.69) is 4.74 Å². The molecule has 1 heterocycles. The highest BCUT2D eigenvalue weighted by atomic mass is 35.5. The van der Waals surface area contributed by atoms with E-state index in [1.807, 2.05) is 5.32 Å². The number of hydrogen-bond acceptors (Lipinski definition) is 7. The normalized spacial score (nSPS) is 14.1. The molecule has 1 atom stereocenters. The fourth-order valence-corrected chi connectivity index (χ4v) is 2.15. The molecule has 1 N–H and O–H groups in total. The number of benzene rings is 1. The van der Waals surface area contributed by atoms with Crippen molar-refractivity contribution in [3.63, 3.8) is 0 Å². The SMILES string of the molecule is COC(=O)NC(=O)[C@@H](C)OC(=O)c1cc(Cl)c2c(c1)OCCCO2. The van der Waals surface area contributed by atoms with Crippen LogP contribution in [0.1, 0.15) is 23.7 Å². The first kappa shape index (κ1) is 17.9. The molecule has 0 unspecified atom stereocenters. The van der Waals surface area contributed by atoms with Gasteiger partial charge in [-0.1, -0.05) is 11.6 Å². The minimum absolute atomic E-state index is 0.0990. The van der Waals surface area contributed by atoms with Crippen molar-refractivity contribution in [1.82, 2.24) is 5.32 Å². The lowest BCUT2D eigenvalue weighted by molar-refractivity contribution is -0.128. The number of alkyl carbamates (subject to hydrolysis) is 1. The Bertz CT molecular complexity index is 661. The number of carbonyl (C=O) groups is 3. The Morgan fingerprint density at radius 3 is 2.67 bits per heavy atom. The molecule has 1 aliphatic heterocycles. The van der Waals surface area contributed by atoms with Crippen LogP contribution >= 0.6 is 11.6 Å². The molecule has 2 amide bonds. The Morgan fingerprint density at radius 2 is 1.96 bits per heavy atom. The van der Waals surface area contributed by atoms with E-state index in [0.29, 0.717) is 31.1 Å². The van der Waals surface area contributed by atoms with Crippen molar-refractivity contribution >= 4 is 29.6 Å². The van der Waals surface area contributed by atoms with Crippen LogP contribution in [-0.4, -0.2) is 44.4 Å². The molecular formula is C15H16ClNO7. The summed E-state index contributed by atoms with van der Waals surface area (Å²) >= 11 is 6.10. The highest BCUT2D eigenvalue weighted by molar-refractivity contribution is 6.32. The van der Waals surface area contributed by atoms with Crippen LogP contribution in [0.4, 0.5) is 4.79 Å². The monoisotopic (exact) mass is 357 g/mol. The molecule has 0 saturated carbocycles. The Morgan fingerprint density at radius 1 is 1.25 bits per heavy atom. The summed E-state index contributed by atoms with van der Waals surface area (Å²) in [6, 6.07) is 2.79. The smallest absolute Gasteiger partial charge is 0.413 e. The third kappa shape index (κ3) is 4.29. The number of hydrogen-bond donors (Lipinski definition) is 1. The molecule has 1 aliphatic rings. The highest BCUT2D eigenvalue weighted by Crippen LogP contribution is 2.38. The second kappa shape index (κ2) is 7.87. The van der Waals surface area contributed by atoms with Crippen molar-refractivity contribution in [3.05, 3.63) is 22.7 Å². The second-order valence-corrected chi connectivity index (χ2v) is 5.27. The largest absolute Gasteiger partial charge is 0.489 e. The van der Waals surface area contributed by atoms with Crippen molar-refractivity contribution in [2.45, 2.75) is 19.4 Å². The standard InChI is InChI=1S/C15H16ClNO7/c1-8(13(18)17-15(20)21-2)24-14(19)9-6-10(16)12-11(7-9)22-4-3-5-23-12/h6-8H,3-5H2,1-2H3,(H,17,18,20)/t8-/m1/s1. The number of rotatable bonds is 3. The fraction of sp³-hybridized carbons (Fsp3) is 0.400. The van der Waals surface area contributed by atoms with Crippen molar-refractivity contribution in [2.75, 3.05) is 20.3 Å². The summed E-state index contributed by atoms with van der Waals surface area (Å²) in [6.45, 7) is 2.21. The molecule has 8 nitrogen and oxygen atoms in total. The topological polar surface area (TPSA) is 100 Å². The molecular weight excluding hydrogens is 342 g/mol. The van der Waals surface area contributed by atoms with Crippen molar-refractivity contribution in [2.24, 2.45) is 0 Å². The Hall–Kier alpha value is -2.48. The summed E-state index contributed by atoms with van der Waals surface area (Å²) in [5.74, 6) is -0.906. The lowest BCUT2D eigenvalue weighted by Crippen LogP contribution is -2.39. The molecule has 1 aromatic carbocycles. The van der Waals surface area contributed by atoms with E-state index in [4.69, 9.17) is 25.8 Å². The van der Waals surface area contributed by atoms with Crippen molar-refractivity contribution in [1.29, 1.82) is 0 Å². The zero-order valence-electron chi connectivity index (χ0n) is 13.1. The number of methoxy groups -OCH3 is 1. The number of esters is 1. The molecule has 0 saturated heterocycles. The van der Waals surface area contributed by atoms with Crippen LogP contribution in [0.3, 0.4) is 0 Å². The molecule has 0 bridgehead atoms. The zero-order valence-corrected chi connectivity index (χ0v) is 13.8. The van der Waals surface area contributed by atoms with Crippen LogP contribution in [-0.2, 0) is 14.3 Å². The maximum absolute atomic E-state index is 12.2. The molecule has 0 aliphatic carbocycles. The van der Waals surface area contributed by atoms with E-state index in [1.165, 1.54) is 19.1 Å². The van der Waals surface area contributed by atoms with Gasteiger partial charge in [0.15, 0.2) is 17.6 Å². The van der Waals surface area contributed by atoms with E-state index in [1.54, 1.807) is 0 Å². The molecule has 2 rings (SSSR count). The van der Waals surface area contributed by atoms with E-state index in [-0.39, 0.29) is 10.6 Å². The van der Waals surface area contributed by atoms with Crippen LogP contribution < -0.4 is 14.8 Å². The maximum Gasteiger partial charge on any atom is 0.413 e. The highest BCUT2D eigenvalue weighted by Gasteiger charge is 2.23. The zero-order chi connectivity index (χ0) is 17.7. The van der Waals surface area contributed by atoms with Crippen LogP contribution in [0.15, 0.2) is 12.1 Å². The minimum Gasteiger partial charge on any atom is -0.489 e. The number of fused-ring (bicyclic) bond motifs is 1. The van der Waals surface area contributed by atoms with Gasteiger partial charge in [0.05, 0.1) is 30.9 Å². The minimum atomic E-state index is -1.20. The van der Waals surface area contributed by atoms with Gasteiger partial charge in [-0.3, -0.25) is 10.1 Å². The van der Waals surface area contributed by atoms with Gasteiger partial charge in [0.2, 0.25) is 0 Å². The van der Waals surface area contributed by atoms with E-state index in [0.717, 1.165) is 7.11 Å². The Kier molecular flexibility index (Phi) is 5.86. The van der Waals surface area contributed by atoms with Gasteiger partial charge < -0.3 is 18.9 Å². The van der Waals surface area contributed by atoms with Crippen LogP contribution in [0, 0.1) is 0 Å².